The molecule has 0 saturated carbocycles. The Bertz CT molecular complexity index is 675. The summed E-state index contributed by atoms with van der Waals surface area (Å²) in [6, 6.07) is 4.80. The molecular weight excluding hydrogens is 326 g/mol. The number of carbonyl (C=O) groups is 2. The van der Waals surface area contributed by atoms with Gasteiger partial charge in [-0.3, -0.25) is 0 Å². The molecule has 1 aromatic carbocycles. The van der Waals surface area contributed by atoms with Crippen LogP contribution in [0.5, 0.6) is 0 Å². The SMILES string of the molecule is CC(C)(CBr)OC(=O)c1ccc2[nH]cc(C(=O)O)c2c1. The number of halogens is 1. The number of hydrogen-bond donors (Lipinski definition) is 2. The van der Waals surface area contributed by atoms with Crippen molar-refractivity contribution in [1.82, 2.24) is 4.98 Å². The highest BCUT2D eigenvalue weighted by atomic mass is 79.9. The highest BCUT2D eigenvalue weighted by Gasteiger charge is 2.23. The van der Waals surface area contributed by atoms with Gasteiger partial charge in [-0.25, -0.2) is 9.59 Å². The van der Waals surface area contributed by atoms with Crippen molar-refractivity contribution in [2.75, 3.05) is 5.33 Å². The van der Waals surface area contributed by atoms with Crippen LogP contribution in [0.1, 0.15) is 34.6 Å². The largest absolute Gasteiger partial charge is 0.478 e. The van der Waals surface area contributed by atoms with Crippen LogP contribution in [0.15, 0.2) is 24.4 Å². The number of aromatic carboxylic acids is 1. The van der Waals surface area contributed by atoms with Gasteiger partial charge in [0.15, 0.2) is 0 Å². The molecule has 0 aliphatic rings. The fourth-order valence-electron chi connectivity index (χ4n) is 1.76. The molecule has 0 spiro atoms. The van der Waals surface area contributed by atoms with Crippen LogP contribution in [0.2, 0.25) is 0 Å². The number of benzene rings is 1. The Balaban J connectivity index is 2.38. The molecule has 106 valence electrons. The van der Waals surface area contributed by atoms with Crippen molar-refractivity contribution in [1.29, 1.82) is 0 Å². The number of carboxylic acids is 1. The second-order valence-corrected chi connectivity index (χ2v) is 5.61. The van der Waals surface area contributed by atoms with Crippen LogP contribution in [0.3, 0.4) is 0 Å². The van der Waals surface area contributed by atoms with Gasteiger partial charge in [-0.15, -0.1) is 0 Å². The minimum absolute atomic E-state index is 0.134. The summed E-state index contributed by atoms with van der Waals surface area (Å²) in [5.74, 6) is -1.52. The summed E-state index contributed by atoms with van der Waals surface area (Å²) in [5.41, 5.74) is 0.501. The number of hydrogen-bond acceptors (Lipinski definition) is 3. The van der Waals surface area contributed by atoms with Gasteiger partial charge in [0.25, 0.3) is 0 Å². The summed E-state index contributed by atoms with van der Waals surface area (Å²) < 4.78 is 5.36. The smallest absolute Gasteiger partial charge is 0.338 e. The van der Waals surface area contributed by atoms with Gasteiger partial charge in [0.2, 0.25) is 0 Å². The number of rotatable bonds is 4. The number of aromatic nitrogens is 1. The maximum absolute atomic E-state index is 12.1. The van der Waals surface area contributed by atoms with Gasteiger partial charge >= 0.3 is 11.9 Å². The molecule has 0 atom stereocenters. The summed E-state index contributed by atoms with van der Waals surface area (Å²) >= 11 is 3.28. The number of aromatic amines is 1. The van der Waals surface area contributed by atoms with Crippen molar-refractivity contribution in [3.8, 4) is 0 Å². The first kappa shape index (κ1) is 14.6. The number of esters is 1. The number of ether oxygens (including phenoxy) is 1. The zero-order chi connectivity index (χ0) is 14.9. The third-order valence-electron chi connectivity index (χ3n) is 2.84. The van der Waals surface area contributed by atoms with E-state index < -0.39 is 17.5 Å². The van der Waals surface area contributed by atoms with Gasteiger partial charge < -0.3 is 14.8 Å². The van der Waals surface area contributed by atoms with E-state index in [0.717, 1.165) is 0 Å². The van der Waals surface area contributed by atoms with Gasteiger partial charge in [-0.2, -0.15) is 0 Å². The summed E-state index contributed by atoms with van der Waals surface area (Å²) in [6.07, 6.45) is 1.41. The Morgan fingerprint density at radius 1 is 1.40 bits per heavy atom. The molecule has 2 N–H and O–H groups in total. The molecule has 0 radical (unpaired) electrons. The molecule has 1 heterocycles. The molecule has 2 rings (SSSR count). The molecule has 0 unspecified atom stereocenters. The van der Waals surface area contributed by atoms with Gasteiger partial charge in [-0.05, 0) is 32.0 Å². The van der Waals surface area contributed by atoms with Crippen LogP contribution in [0.25, 0.3) is 10.9 Å². The van der Waals surface area contributed by atoms with Crippen molar-refractivity contribution in [3.05, 3.63) is 35.5 Å². The van der Waals surface area contributed by atoms with Crippen LogP contribution >= 0.6 is 15.9 Å². The number of nitrogens with one attached hydrogen (secondary N) is 1. The number of carboxylic acid groups (broad SMARTS) is 1. The molecule has 0 aliphatic carbocycles. The summed E-state index contributed by atoms with van der Waals surface area (Å²) in [5, 5.41) is 10.1. The van der Waals surface area contributed by atoms with Gasteiger partial charge in [0.1, 0.15) is 5.60 Å². The average molecular weight is 340 g/mol. The van der Waals surface area contributed by atoms with Crippen molar-refractivity contribution in [2.45, 2.75) is 19.4 Å². The van der Waals surface area contributed by atoms with Crippen molar-refractivity contribution >= 4 is 38.8 Å². The third kappa shape index (κ3) is 2.85. The average Bonchev–Trinajstić information content (AvgIpc) is 2.81. The Morgan fingerprint density at radius 3 is 2.70 bits per heavy atom. The van der Waals surface area contributed by atoms with Crippen LogP contribution in [0, 0.1) is 0 Å². The Hall–Kier alpha value is -1.82. The second-order valence-electron chi connectivity index (χ2n) is 5.05. The normalized spacial score (nSPS) is 11.6. The lowest BCUT2D eigenvalue weighted by Gasteiger charge is -2.22. The highest BCUT2D eigenvalue weighted by molar-refractivity contribution is 9.09. The first-order chi connectivity index (χ1) is 9.34. The lowest BCUT2D eigenvalue weighted by atomic mass is 10.1. The number of fused-ring (bicyclic) bond motifs is 1. The molecule has 0 fully saturated rings. The molecule has 0 amide bonds. The van der Waals surface area contributed by atoms with E-state index in [1.54, 1.807) is 26.0 Å². The minimum atomic E-state index is -1.04. The Labute approximate surface area is 124 Å². The first-order valence-corrected chi connectivity index (χ1v) is 7.10. The first-order valence-electron chi connectivity index (χ1n) is 5.98. The lowest BCUT2D eigenvalue weighted by molar-refractivity contribution is 0.00923. The predicted molar refractivity (Wildman–Crippen MR) is 78.5 cm³/mol. The van der Waals surface area contributed by atoms with Crippen molar-refractivity contribution in [3.63, 3.8) is 0 Å². The summed E-state index contributed by atoms with van der Waals surface area (Å²) in [7, 11) is 0. The predicted octanol–water partition coefficient (Wildman–Crippen LogP) is 3.20. The number of H-pyrrole nitrogens is 1. The van der Waals surface area contributed by atoms with Crippen molar-refractivity contribution < 1.29 is 19.4 Å². The molecule has 20 heavy (non-hydrogen) atoms. The van der Waals surface area contributed by atoms with Crippen molar-refractivity contribution in [2.24, 2.45) is 0 Å². The third-order valence-corrected chi connectivity index (χ3v) is 4.19. The standard InChI is InChI=1S/C14H14BrNO4/c1-14(2,7-15)20-13(19)8-3-4-11-9(5-8)10(6-16-11)12(17)18/h3-6,16H,7H2,1-2H3,(H,17,18). The second kappa shape index (κ2) is 5.28. The molecule has 0 bridgehead atoms. The minimum Gasteiger partial charge on any atom is -0.478 e. The van der Waals surface area contributed by atoms with E-state index in [2.05, 4.69) is 20.9 Å². The molecule has 5 nitrogen and oxygen atoms in total. The molecule has 6 heteroatoms. The molecule has 0 aliphatic heterocycles. The highest BCUT2D eigenvalue weighted by Crippen LogP contribution is 2.22. The lowest BCUT2D eigenvalue weighted by Crippen LogP contribution is -2.29. The molecule has 1 aromatic heterocycles. The topological polar surface area (TPSA) is 79.4 Å². The zero-order valence-electron chi connectivity index (χ0n) is 11.1. The fraction of sp³-hybridized carbons (Fsp3) is 0.286. The van der Waals surface area contributed by atoms with E-state index in [9.17, 15) is 9.59 Å². The Morgan fingerprint density at radius 2 is 2.10 bits per heavy atom. The number of alkyl halides is 1. The van der Waals surface area contributed by atoms with E-state index in [1.807, 2.05) is 0 Å². The zero-order valence-corrected chi connectivity index (χ0v) is 12.7. The van der Waals surface area contributed by atoms with E-state index in [-0.39, 0.29) is 5.56 Å². The molecule has 0 saturated heterocycles. The molecular formula is C14H14BrNO4. The van der Waals surface area contributed by atoms with Gasteiger partial charge in [0.05, 0.1) is 11.1 Å². The van der Waals surface area contributed by atoms with Crippen LogP contribution < -0.4 is 0 Å². The van der Waals surface area contributed by atoms with Crippen LogP contribution in [-0.4, -0.2) is 33.0 Å². The van der Waals surface area contributed by atoms with E-state index in [1.165, 1.54) is 12.3 Å². The van der Waals surface area contributed by atoms with Crippen LogP contribution in [0.4, 0.5) is 0 Å². The van der Waals surface area contributed by atoms with E-state index >= 15 is 0 Å². The molecule has 2 aromatic rings. The summed E-state index contributed by atoms with van der Waals surface area (Å²) in [6.45, 7) is 3.58. The van der Waals surface area contributed by atoms with Gasteiger partial charge in [0, 0.05) is 22.4 Å². The maximum Gasteiger partial charge on any atom is 0.338 e. The summed E-state index contributed by atoms with van der Waals surface area (Å²) in [4.78, 5) is 26.0. The van der Waals surface area contributed by atoms with E-state index in [0.29, 0.717) is 21.8 Å². The Kier molecular flexibility index (Phi) is 3.85. The maximum atomic E-state index is 12.1. The monoisotopic (exact) mass is 339 g/mol. The number of carbonyl (C=O) groups excluding carboxylic acids is 1. The quantitative estimate of drug-likeness (QED) is 0.662. The fourth-order valence-corrected chi connectivity index (χ4v) is 1.88. The van der Waals surface area contributed by atoms with Crippen LogP contribution in [-0.2, 0) is 4.74 Å². The van der Waals surface area contributed by atoms with Gasteiger partial charge in [-0.1, -0.05) is 15.9 Å². The van der Waals surface area contributed by atoms with E-state index in [4.69, 9.17) is 9.84 Å².